The minimum Gasteiger partial charge on any atom is -0.382 e. The number of hydrogen-bond acceptors (Lipinski definition) is 1. The Morgan fingerprint density at radius 2 is 1.56 bits per heavy atom. The highest BCUT2D eigenvalue weighted by Crippen LogP contribution is 2.31. The molecular weight excluding hydrogens is 239 g/mol. The number of nitrogens with one attached hydrogen (secondary N) is 1. The van der Waals surface area contributed by atoms with E-state index in [1.807, 2.05) is 0 Å². The van der Waals surface area contributed by atoms with Crippen molar-refractivity contribution in [3.8, 4) is 0 Å². The van der Waals surface area contributed by atoms with E-state index < -0.39 is 11.7 Å². The summed E-state index contributed by atoms with van der Waals surface area (Å²) in [5.74, 6) is 0.774. The van der Waals surface area contributed by atoms with Gasteiger partial charge in [0, 0.05) is 11.7 Å². The SMILES string of the molecule is C[C@H]1CC[C@H](Nc2ccc(C(F)(F)F)cc2)CC1. The number of hydrogen-bond donors (Lipinski definition) is 1. The van der Waals surface area contributed by atoms with Crippen LogP contribution in [0.1, 0.15) is 38.2 Å². The zero-order valence-corrected chi connectivity index (χ0v) is 10.4. The highest BCUT2D eigenvalue weighted by molar-refractivity contribution is 5.46. The fourth-order valence-electron chi connectivity index (χ4n) is 2.40. The molecular formula is C14H18F3N. The smallest absolute Gasteiger partial charge is 0.382 e. The van der Waals surface area contributed by atoms with E-state index in [0.29, 0.717) is 6.04 Å². The molecule has 1 aromatic rings. The van der Waals surface area contributed by atoms with Crippen molar-refractivity contribution in [3.05, 3.63) is 29.8 Å². The molecule has 0 saturated heterocycles. The van der Waals surface area contributed by atoms with Crippen LogP contribution in [0.4, 0.5) is 18.9 Å². The van der Waals surface area contributed by atoms with E-state index in [1.54, 1.807) is 0 Å². The summed E-state index contributed by atoms with van der Waals surface area (Å²) in [6, 6.07) is 5.70. The van der Waals surface area contributed by atoms with Gasteiger partial charge in [0.1, 0.15) is 0 Å². The summed E-state index contributed by atoms with van der Waals surface area (Å²) < 4.78 is 37.2. The molecule has 18 heavy (non-hydrogen) atoms. The number of benzene rings is 1. The van der Waals surface area contributed by atoms with Crippen molar-refractivity contribution < 1.29 is 13.2 Å². The molecule has 1 nitrogen and oxygen atoms in total. The van der Waals surface area contributed by atoms with Crippen molar-refractivity contribution in [2.24, 2.45) is 5.92 Å². The van der Waals surface area contributed by atoms with E-state index in [9.17, 15) is 13.2 Å². The summed E-state index contributed by atoms with van der Waals surface area (Å²) in [5, 5.41) is 3.31. The normalized spacial score (nSPS) is 24.9. The molecule has 0 spiro atoms. The maximum absolute atomic E-state index is 12.4. The fourth-order valence-corrected chi connectivity index (χ4v) is 2.40. The minimum atomic E-state index is -4.25. The Hall–Kier alpha value is -1.19. The molecule has 100 valence electrons. The zero-order valence-electron chi connectivity index (χ0n) is 10.4. The number of rotatable bonds is 2. The Morgan fingerprint density at radius 1 is 1.00 bits per heavy atom. The lowest BCUT2D eigenvalue weighted by Crippen LogP contribution is -2.25. The molecule has 0 aromatic heterocycles. The molecule has 0 heterocycles. The standard InChI is InChI=1S/C14H18F3N/c1-10-2-6-12(7-3-10)18-13-8-4-11(5-9-13)14(15,16)17/h4-5,8-10,12,18H,2-3,6-7H2,1H3/t10-,12-. The molecule has 4 heteroatoms. The third-order valence-electron chi connectivity index (χ3n) is 3.60. The van der Waals surface area contributed by atoms with Gasteiger partial charge in [-0.05, 0) is 55.9 Å². The molecule has 1 aliphatic carbocycles. The topological polar surface area (TPSA) is 12.0 Å². The Balaban J connectivity index is 1.94. The summed E-state index contributed by atoms with van der Waals surface area (Å²) in [7, 11) is 0. The Bertz CT molecular complexity index is 375. The van der Waals surface area contributed by atoms with Crippen molar-refractivity contribution in [3.63, 3.8) is 0 Å². The lowest BCUT2D eigenvalue weighted by atomic mass is 9.87. The minimum absolute atomic E-state index is 0.401. The average Bonchev–Trinajstić information content (AvgIpc) is 2.32. The van der Waals surface area contributed by atoms with Crippen LogP contribution in [-0.4, -0.2) is 6.04 Å². The van der Waals surface area contributed by atoms with E-state index in [2.05, 4.69) is 12.2 Å². The highest BCUT2D eigenvalue weighted by Gasteiger charge is 2.30. The van der Waals surface area contributed by atoms with Crippen LogP contribution in [0.25, 0.3) is 0 Å². The largest absolute Gasteiger partial charge is 0.416 e. The first-order valence-electron chi connectivity index (χ1n) is 6.39. The molecule has 1 aliphatic rings. The average molecular weight is 257 g/mol. The maximum atomic E-state index is 12.4. The lowest BCUT2D eigenvalue weighted by molar-refractivity contribution is -0.137. The van der Waals surface area contributed by atoms with Crippen molar-refractivity contribution in [2.45, 2.75) is 44.8 Å². The van der Waals surface area contributed by atoms with Gasteiger partial charge in [0.05, 0.1) is 5.56 Å². The van der Waals surface area contributed by atoms with E-state index in [-0.39, 0.29) is 0 Å². The number of alkyl halides is 3. The zero-order chi connectivity index (χ0) is 13.2. The van der Waals surface area contributed by atoms with Gasteiger partial charge in [0.2, 0.25) is 0 Å². The Kier molecular flexibility index (Phi) is 3.83. The highest BCUT2D eigenvalue weighted by atomic mass is 19.4. The molecule has 0 aliphatic heterocycles. The first-order chi connectivity index (χ1) is 8.45. The molecule has 0 bridgehead atoms. The monoisotopic (exact) mass is 257 g/mol. The first-order valence-corrected chi connectivity index (χ1v) is 6.39. The molecule has 2 rings (SSSR count). The van der Waals surface area contributed by atoms with Gasteiger partial charge >= 0.3 is 6.18 Å². The number of halogens is 3. The van der Waals surface area contributed by atoms with Gasteiger partial charge in [-0.1, -0.05) is 6.92 Å². The molecule has 1 fully saturated rings. The van der Waals surface area contributed by atoms with Gasteiger partial charge in [-0.15, -0.1) is 0 Å². The van der Waals surface area contributed by atoms with Crippen LogP contribution < -0.4 is 5.32 Å². The summed E-state index contributed by atoms with van der Waals surface area (Å²) in [5.41, 5.74) is 0.188. The van der Waals surface area contributed by atoms with Crippen LogP contribution in [0.3, 0.4) is 0 Å². The number of anilines is 1. The van der Waals surface area contributed by atoms with Crippen LogP contribution in [0, 0.1) is 5.92 Å². The molecule has 1 N–H and O–H groups in total. The second kappa shape index (κ2) is 5.21. The fraction of sp³-hybridized carbons (Fsp3) is 0.571. The van der Waals surface area contributed by atoms with Gasteiger partial charge in [0.15, 0.2) is 0 Å². The molecule has 0 atom stereocenters. The van der Waals surface area contributed by atoms with E-state index in [4.69, 9.17) is 0 Å². The second-order valence-corrected chi connectivity index (χ2v) is 5.18. The molecule has 0 unspecified atom stereocenters. The van der Waals surface area contributed by atoms with Gasteiger partial charge in [-0.2, -0.15) is 13.2 Å². The summed E-state index contributed by atoms with van der Waals surface area (Å²) in [6.07, 6.45) is 0.333. The quantitative estimate of drug-likeness (QED) is 0.810. The summed E-state index contributed by atoms with van der Waals surface area (Å²) in [6.45, 7) is 2.24. The second-order valence-electron chi connectivity index (χ2n) is 5.18. The van der Waals surface area contributed by atoms with Crippen LogP contribution in [0.15, 0.2) is 24.3 Å². The molecule has 0 amide bonds. The third kappa shape index (κ3) is 3.40. The molecule has 1 aromatic carbocycles. The Labute approximate surface area is 105 Å². The Morgan fingerprint density at radius 3 is 2.06 bits per heavy atom. The van der Waals surface area contributed by atoms with E-state index in [1.165, 1.54) is 25.0 Å². The van der Waals surface area contributed by atoms with Crippen LogP contribution >= 0.6 is 0 Å². The van der Waals surface area contributed by atoms with Crippen molar-refractivity contribution >= 4 is 5.69 Å². The summed E-state index contributed by atoms with van der Waals surface area (Å²) in [4.78, 5) is 0. The maximum Gasteiger partial charge on any atom is 0.416 e. The van der Waals surface area contributed by atoms with Crippen molar-refractivity contribution in [2.75, 3.05) is 5.32 Å². The van der Waals surface area contributed by atoms with E-state index in [0.717, 1.165) is 36.6 Å². The van der Waals surface area contributed by atoms with Crippen LogP contribution in [0.2, 0.25) is 0 Å². The van der Waals surface area contributed by atoms with Gasteiger partial charge in [0.25, 0.3) is 0 Å². The van der Waals surface area contributed by atoms with Gasteiger partial charge in [-0.25, -0.2) is 0 Å². The van der Waals surface area contributed by atoms with E-state index >= 15 is 0 Å². The lowest BCUT2D eigenvalue weighted by Gasteiger charge is -2.27. The third-order valence-corrected chi connectivity index (χ3v) is 3.60. The first kappa shape index (κ1) is 13.2. The summed E-state index contributed by atoms with van der Waals surface area (Å²) >= 11 is 0. The predicted molar refractivity (Wildman–Crippen MR) is 66.5 cm³/mol. The van der Waals surface area contributed by atoms with Crippen LogP contribution in [0.5, 0.6) is 0 Å². The van der Waals surface area contributed by atoms with Crippen molar-refractivity contribution in [1.29, 1.82) is 0 Å². The molecule has 0 radical (unpaired) electrons. The van der Waals surface area contributed by atoms with Gasteiger partial charge in [-0.3, -0.25) is 0 Å². The van der Waals surface area contributed by atoms with Crippen molar-refractivity contribution in [1.82, 2.24) is 0 Å². The van der Waals surface area contributed by atoms with Gasteiger partial charge < -0.3 is 5.32 Å². The molecule has 1 saturated carbocycles. The van der Waals surface area contributed by atoms with Crippen LogP contribution in [-0.2, 0) is 6.18 Å². The predicted octanol–water partition coefficient (Wildman–Crippen LogP) is 4.70.